The van der Waals surface area contributed by atoms with Crippen molar-refractivity contribution in [1.82, 2.24) is 10.2 Å². The number of phenolic OH excluding ortho intramolecular Hbond substituents is 1. The van der Waals surface area contributed by atoms with Crippen LogP contribution in [0.1, 0.15) is 5.56 Å². The van der Waals surface area contributed by atoms with Gasteiger partial charge in [-0.25, -0.2) is 12.7 Å². The lowest BCUT2D eigenvalue weighted by atomic mass is 10.2. The smallest absolute Gasteiger partial charge is 0.266 e. The molecule has 0 saturated carbocycles. The molecule has 118 valence electrons. The number of phenols is 1. The van der Waals surface area contributed by atoms with Crippen molar-refractivity contribution in [3.63, 3.8) is 0 Å². The summed E-state index contributed by atoms with van der Waals surface area (Å²) in [4.78, 5) is 0.189. The highest BCUT2D eigenvalue weighted by atomic mass is 32.2. The third kappa shape index (κ3) is 3.33. The van der Waals surface area contributed by atoms with Gasteiger partial charge in [0.05, 0.1) is 11.4 Å². The van der Waals surface area contributed by atoms with Crippen LogP contribution in [0.3, 0.4) is 0 Å². The van der Waals surface area contributed by atoms with Crippen molar-refractivity contribution < 1.29 is 13.5 Å². The zero-order valence-electron chi connectivity index (χ0n) is 11.9. The van der Waals surface area contributed by atoms with Gasteiger partial charge in [-0.15, -0.1) is 10.2 Å². The minimum Gasteiger partial charge on any atom is -0.508 e. The van der Waals surface area contributed by atoms with Gasteiger partial charge in [-0.2, -0.15) is 0 Å². The lowest BCUT2D eigenvalue weighted by Crippen LogP contribution is -2.30. The number of nitrogens with zero attached hydrogens (tertiary/aromatic N) is 3. The minimum absolute atomic E-state index is 0.104. The summed E-state index contributed by atoms with van der Waals surface area (Å²) in [5.74, 6) is 0.127. The molecule has 23 heavy (non-hydrogen) atoms. The molecule has 8 heteroatoms. The van der Waals surface area contributed by atoms with Crippen LogP contribution in [0.5, 0.6) is 5.75 Å². The average molecular weight is 347 g/mol. The van der Waals surface area contributed by atoms with E-state index in [0.29, 0.717) is 5.13 Å². The molecule has 2 aromatic carbocycles. The quantitative estimate of drug-likeness (QED) is 0.767. The minimum atomic E-state index is -3.75. The number of hydrogen-bond acceptors (Lipinski definition) is 6. The second-order valence-corrected chi connectivity index (χ2v) is 7.39. The Bertz CT molecular complexity index is 864. The van der Waals surface area contributed by atoms with E-state index in [1.807, 2.05) is 0 Å². The van der Waals surface area contributed by atoms with Crippen molar-refractivity contribution >= 4 is 26.5 Å². The summed E-state index contributed by atoms with van der Waals surface area (Å²) in [6.07, 6.45) is 0. The van der Waals surface area contributed by atoms with Crippen LogP contribution < -0.4 is 4.31 Å². The fourth-order valence-electron chi connectivity index (χ4n) is 2.02. The molecular formula is C15H13N3O3S2. The van der Waals surface area contributed by atoms with Crippen molar-refractivity contribution in [3.8, 4) is 5.75 Å². The first-order chi connectivity index (χ1) is 11.1. The van der Waals surface area contributed by atoms with E-state index in [-0.39, 0.29) is 17.2 Å². The van der Waals surface area contributed by atoms with Crippen LogP contribution in [0.2, 0.25) is 0 Å². The summed E-state index contributed by atoms with van der Waals surface area (Å²) < 4.78 is 27.0. The molecule has 0 amide bonds. The predicted molar refractivity (Wildman–Crippen MR) is 87.8 cm³/mol. The summed E-state index contributed by atoms with van der Waals surface area (Å²) in [5, 5.41) is 17.3. The lowest BCUT2D eigenvalue weighted by Gasteiger charge is -2.21. The molecule has 0 atom stereocenters. The van der Waals surface area contributed by atoms with E-state index in [9.17, 15) is 13.5 Å². The second kappa shape index (κ2) is 6.35. The number of sulfonamides is 1. The number of hydrogen-bond donors (Lipinski definition) is 1. The standard InChI is InChI=1S/C15H13N3O3S2/c19-13-8-6-12(7-9-13)10-18(15-17-16-11-22-15)23(20,21)14-4-2-1-3-5-14/h1-9,11,19H,10H2. The molecule has 0 aliphatic carbocycles. The highest BCUT2D eigenvalue weighted by molar-refractivity contribution is 7.93. The van der Waals surface area contributed by atoms with Crippen molar-refractivity contribution in [1.29, 1.82) is 0 Å². The molecule has 0 fully saturated rings. The Hall–Kier alpha value is -2.45. The number of aromatic hydroxyl groups is 1. The Kier molecular flexibility index (Phi) is 4.26. The lowest BCUT2D eigenvalue weighted by molar-refractivity contribution is 0.475. The maximum Gasteiger partial charge on any atom is 0.266 e. The molecule has 0 aliphatic heterocycles. The van der Waals surface area contributed by atoms with Crippen molar-refractivity contribution in [3.05, 3.63) is 65.7 Å². The molecule has 3 rings (SSSR count). The normalized spacial score (nSPS) is 11.3. The Morgan fingerprint density at radius 2 is 1.74 bits per heavy atom. The number of benzene rings is 2. The molecule has 0 spiro atoms. The first-order valence-corrected chi connectivity index (χ1v) is 9.01. The van der Waals surface area contributed by atoms with Crippen molar-refractivity contribution in [2.24, 2.45) is 0 Å². The van der Waals surface area contributed by atoms with Crippen LogP contribution in [-0.4, -0.2) is 23.7 Å². The van der Waals surface area contributed by atoms with Gasteiger partial charge in [-0.1, -0.05) is 41.7 Å². The molecule has 0 radical (unpaired) electrons. The number of anilines is 1. The fourth-order valence-corrected chi connectivity index (χ4v) is 4.22. The molecule has 1 heterocycles. The second-order valence-electron chi connectivity index (χ2n) is 4.71. The predicted octanol–water partition coefficient (Wildman–Crippen LogP) is 2.64. The zero-order valence-corrected chi connectivity index (χ0v) is 13.5. The van der Waals surface area contributed by atoms with E-state index in [1.165, 1.54) is 21.9 Å². The monoisotopic (exact) mass is 347 g/mol. The van der Waals surface area contributed by atoms with Gasteiger partial charge in [0.15, 0.2) is 0 Å². The molecule has 0 unspecified atom stereocenters. The van der Waals surface area contributed by atoms with E-state index in [1.54, 1.807) is 42.5 Å². The Morgan fingerprint density at radius 1 is 1.04 bits per heavy atom. The Labute approximate surface area is 137 Å². The fraction of sp³-hybridized carbons (Fsp3) is 0.0667. The number of rotatable bonds is 5. The molecule has 6 nitrogen and oxygen atoms in total. The van der Waals surface area contributed by atoms with Gasteiger partial charge in [0.25, 0.3) is 10.0 Å². The average Bonchev–Trinajstić information content (AvgIpc) is 3.09. The Morgan fingerprint density at radius 3 is 2.35 bits per heavy atom. The summed E-state index contributed by atoms with van der Waals surface area (Å²) in [7, 11) is -3.75. The molecule has 0 saturated heterocycles. The van der Waals surface area contributed by atoms with Gasteiger partial charge in [-0.05, 0) is 29.8 Å². The number of aromatic nitrogens is 2. The third-order valence-corrected chi connectivity index (χ3v) is 5.73. The van der Waals surface area contributed by atoms with Crippen LogP contribution in [0, 0.1) is 0 Å². The van der Waals surface area contributed by atoms with Crippen molar-refractivity contribution in [2.75, 3.05) is 4.31 Å². The van der Waals surface area contributed by atoms with Gasteiger partial charge in [0.1, 0.15) is 11.3 Å². The highest BCUT2D eigenvalue weighted by Gasteiger charge is 2.27. The molecule has 1 N–H and O–H groups in total. The molecule has 1 aromatic heterocycles. The van der Waals surface area contributed by atoms with E-state index < -0.39 is 10.0 Å². The van der Waals surface area contributed by atoms with E-state index in [2.05, 4.69) is 10.2 Å². The summed E-state index contributed by atoms with van der Waals surface area (Å²) in [6, 6.07) is 14.6. The molecule has 0 aliphatic rings. The first-order valence-electron chi connectivity index (χ1n) is 6.69. The van der Waals surface area contributed by atoms with Crippen LogP contribution in [-0.2, 0) is 16.6 Å². The van der Waals surface area contributed by atoms with Crippen molar-refractivity contribution in [2.45, 2.75) is 11.4 Å². The topological polar surface area (TPSA) is 83.4 Å². The summed E-state index contributed by atoms with van der Waals surface area (Å²) in [5.41, 5.74) is 2.22. The maximum atomic E-state index is 12.9. The van der Waals surface area contributed by atoms with Crippen LogP contribution in [0.25, 0.3) is 0 Å². The summed E-state index contributed by atoms with van der Waals surface area (Å²) >= 11 is 1.15. The van der Waals surface area contributed by atoms with Gasteiger partial charge in [0, 0.05) is 0 Å². The van der Waals surface area contributed by atoms with Crippen LogP contribution in [0.15, 0.2) is 65.0 Å². The molecule has 0 bridgehead atoms. The van der Waals surface area contributed by atoms with Gasteiger partial charge >= 0.3 is 0 Å². The zero-order chi connectivity index (χ0) is 16.3. The van der Waals surface area contributed by atoms with E-state index in [4.69, 9.17) is 0 Å². The Balaban J connectivity index is 2.01. The summed E-state index contributed by atoms with van der Waals surface area (Å²) in [6.45, 7) is 0.104. The van der Waals surface area contributed by atoms with Gasteiger partial charge in [-0.3, -0.25) is 0 Å². The van der Waals surface area contributed by atoms with Gasteiger partial charge in [0.2, 0.25) is 5.13 Å². The van der Waals surface area contributed by atoms with Crippen LogP contribution >= 0.6 is 11.3 Å². The largest absolute Gasteiger partial charge is 0.508 e. The molecule has 3 aromatic rings. The maximum absolute atomic E-state index is 12.9. The SMILES string of the molecule is O=S(=O)(c1ccccc1)N(Cc1ccc(O)cc1)c1nncs1. The van der Waals surface area contributed by atoms with Gasteiger partial charge < -0.3 is 5.11 Å². The van der Waals surface area contributed by atoms with E-state index in [0.717, 1.165) is 16.9 Å². The first kappa shape index (κ1) is 15.4. The van der Waals surface area contributed by atoms with Crippen LogP contribution in [0.4, 0.5) is 5.13 Å². The highest BCUT2D eigenvalue weighted by Crippen LogP contribution is 2.27. The molecular weight excluding hydrogens is 334 g/mol. The third-order valence-electron chi connectivity index (χ3n) is 3.16. The van der Waals surface area contributed by atoms with E-state index >= 15 is 0 Å².